The highest BCUT2D eigenvalue weighted by atomic mass is 15.3. The highest BCUT2D eigenvalue weighted by molar-refractivity contribution is 5.21. The van der Waals surface area contributed by atoms with Gasteiger partial charge in [-0.2, -0.15) is 0 Å². The monoisotopic (exact) mass is 164 g/mol. The van der Waals surface area contributed by atoms with Gasteiger partial charge in [0.1, 0.15) is 0 Å². The first-order valence-corrected chi connectivity index (χ1v) is 4.55. The molecule has 1 aliphatic carbocycles. The van der Waals surface area contributed by atoms with E-state index in [4.69, 9.17) is 0 Å². The Morgan fingerprint density at radius 3 is 3.33 bits per heavy atom. The van der Waals surface area contributed by atoms with Crippen LogP contribution in [0.4, 0.5) is 0 Å². The number of aromatic amines is 1. The second kappa shape index (κ2) is 2.29. The van der Waals surface area contributed by atoms with Gasteiger partial charge in [-0.15, -0.1) is 5.10 Å². The predicted molar refractivity (Wildman–Crippen MR) is 43.8 cm³/mol. The smallest absolute Gasteiger partial charge is 0.0860 e. The third kappa shape index (κ3) is 0.756. The first-order valence-electron chi connectivity index (χ1n) is 4.55. The second-order valence-electron chi connectivity index (χ2n) is 3.74. The lowest BCUT2D eigenvalue weighted by Crippen LogP contribution is -2.18. The summed E-state index contributed by atoms with van der Waals surface area (Å²) in [4.78, 5) is 0. The largest absolute Gasteiger partial charge is 0.316 e. The van der Waals surface area contributed by atoms with Crippen molar-refractivity contribution in [2.45, 2.75) is 18.8 Å². The number of hydrogen-bond acceptors (Lipinski definition) is 3. The Morgan fingerprint density at radius 1 is 1.33 bits per heavy atom. The zero-order chi connectivity index (χ0) is 7.97. The molecule has 1 fully saturated rings. The van der Waals surface area contributed by atoms with Crippen molar-refractivity contribution >= 4 is 0 Å². The summed E-state index contributed by atoms with van der Waals surface area (Å²) in [6, 6.07) is 0. The summed E-state index contributed by atoms with van der Waals surface area (Å²) in [6.45, 7) is 2.27. The van der Waals surface area contributed by atoms with Crippen LogP contribution in [0.2, 0.25) is 0 Å². The van der Waals surface area contributed by atoms with Crippen LogP contribution in [-0.2, 0) is 6.42 Å². The van der Waals surface area contributed by atoms with Crippen LogP contribution >= 0.6 is 0 Å². The summed E-state index contributed by atoms with van der Waals surface area (Å²) in [6.07, 6.45) is 2.38. The highest BCUT2D eigenvalue weighted by Crippen LogP contribution is 2.35. The minimum Gasteiger partial charge on any atom is -0.316 e. The molecule has 2 N–H and O–H groups in total. The molecular weight excluding hydrogens is 152 g/mol. The van der Waals surface area contributed by atoms with Crippen LogP contribution in [0.1, 0.15) is 23.7 Å². The molecule has 1 aliphatic heterocycles. The van der Waals surface area contributed by atoms with Crippen molar-refractivity contribution in [3.05, 3.63) is 11.4 Å². The molecule has 2 aliphatic rings. The molecule has 0 aromatic carbocycles. The van der Waals surface area contributed by atoms with Crippen LogP contribution in [0.15, 0.2) is 0 Å². The topological polar surface area (TPSA) is 53.6 Å². The second-order valence-corrected chi connectivity index (χ2v) is 3.74. The highest BCUT2D eigenvalue weighted by Gasteiger charge is 2.35. The number of nitrogens with one attached hydrogen (secondary N) is 2. The maximum absolute atomic E-state index is 4.08. The first kappa shape index (κ1) is 6.60. The van der Waals surface area contributed by atoms with Gasteiger partial charge in [0.25, 0.3) is 0 Å². The number of H-pyrrole nitrogens is 1. The van der Waals surface area contributed by atoms with Crippen molar-refractivity contribution in [2.75, 3.05) is 13.1 Å². The van der Waals surface area contributed by atoms with E-state index in [1.54, 1.807) is 0 Å². The van der Waals surface area contributed by atoms with E-state index in [-0.39, 0.29) is 0 Å². The molecule has 0 bridgehead atoms. The zero-order valence-corrected chi connectivity index (χ0v) is 6.88. The molecule has 2 atom stereocenters. The fourth-order valence-corrected chi connectivity index (χ4v) is 2.44. The summed E-state index contributed by atoms with van der Waals surface area (Å²) in [5, 5.41) is 14.4. The quantitative estimate of drug-likeness (QED) is 0.570. The Morgan fingerprint density at radius 2 is 2.33 bits per heavy atom. The van der Waals surface area contributed by atoms with Gasteiger partial charge >= 0.3 is 0 Å². The summed E-state index contributed by atoms with van der Waals surface area (Å²) in [5.74, 6) is 1.48. The van der Waals surface area contributed by atoms with Crippen molar-refractivity contribution in [3.8, 4) is 0 Å². The van der Waals surface area contributed by atoms with E-state index >= 15 is 0 Å². The Bertz CT molecular complexity index is 293. The first-order chi connectivity index (χ1) is 5.95. The molecular formula is C8H12N4. The summed E-state index contributed by atoms with van der Waals surface area (Å²) in [7, 11) is 0. The van der Waals surface area contributed by atoms with Gasteiger partial charge in [0, 0.05) is 12.5 Å². The molecule has 4 nitrogen and oxygen atoms in total. The minimum absolute atomic E-state index is 0.656. The Hall–Kier alpha value is -0.900. The maximum atomic E-state index is 4.08. The third-order valence-electron chi connectivity index (χ3n) is 3.11. The van der Waals surface area contributed by atoms with Crippen molar-refractivity contribution in [1.29, 1.82) is 0 Å². The predicted octanol–water partition coefficient (Wildman–Crippen LogP) is 0.0539. The molecule has 0 unspecified atom stereocenters. The van der Waals surface area contributed by atoms with Gasteiger partial charge in [0.15, 0.2) is 0 Å². The van der Waals surface area contributed by atoms with Gasteiger partial charge in [-0.05, 0) is 25.3 Å². The van der Waals surface area contributed by atoms with Crippen LogP contribution in [0, 0.1) is 5.92 Å². The molecule has 1 aromatic heterocycles. The van der Waals surface area contributed by atoms with Crippen LogP contribution in [0.5, 0.6) is 0 Å². The Labute approximate surface area is 70.7 Å². The average Bonchev–Trinajstić information content (AvgIpc) is 2.71. The molecule has 3 rings (SSSR count). The van der Waals surface area contributed by atoms with Gasteiger partial charge in [0.05, 0.1) is 11.4 Å². The van der Waals surface area contributed by atoms with E-state index in [0.29, 0.717) is 5.92 Å². The van der Waals surface area contributed by atoms with Gasteiger partial charge in [-0.25, -0.2) is 0 Å². The van der Waals surface area contributed by atoms with Crippen LogP contribution in [0.25, 0.3) is 0 Å². The number of rotatable bonds is 0. The normalized spacial score (nSPS) is 33.0. The molecule has 2 heterocycles. The van der Waals surface area contributed by atoms with Crippen LogP contribution in [-0.4, -0.2) is 28.5 Å². The molecule has 12 heavy (non-hydrogen) atoms. The molecule has 0 amide bonds. The van der Waals surface area contributed by atoms with Crippen LogP contribution < -0.4 is 5.32 Å². The molecule has 0 radical (unpaired) electrons. The number of aromatic nitrogens is 3. The van der Waals surface area contributed by atoms with E-state index in [9.17, 15) is 0 Å². The lowest BCUT2D eigenvalue weighted by molar-refractivity contribution is 0.442. The van der Waals surface area contributed by atoms with E-state index in [1.807, 2.05) is 0 Å². The summed E-state index contributed by atoms with van der Waals surface area (Å²) < 4.78 is 0. The summed E-state index contributed by atoms with van der Waals surface area (Å²) in [5.41, 5.74) is 2.48. The lowest BCUT2D eigenvalue weighted by atomic mass is 9.82. The van der Waals surface area contributed by atoms with Crippen molar-refractivity contribution in [3.63, 3.8) is 0 Å². The SMILES string of the molecule is C1C[C@H]2CNC[C@H]2c2[nH]nnc21. The van der Waals surface area contributed by atoms with Crippen LogP contribution in [0.3, 0.4) is 0 Å². The van der Waals surface area contributed by atoms with Gasteiger partial charge in [0.2, 0.25) is 0 Å². The van der Waals surface area contributed by atoms with E-state index in [1.165, 1.54) is 24.4 Å². The standard InChI is InChI=1S/C8H12N4/c1-2-7-8(11-12-10-7)6-4-9-3-5(1)6/h5-6,9H,1-4H2,(H,10,11,12)/t5-,6+/m0/s1. The number of aryl methyl sites for hydroxylation is 1. The van der Waals surface area contributed by atoms with Crippen molar-refractivity contribution < 1.29 is 0 Å². The fraction of sp³-hybridized carbons (Fsp3) is 0.750. The molecule has 1 aromatic rings. The van der Waals surface area contributed by atoms with Gasteiger partial charge in [-0.3, -0.25) is 5.10 Å². The van der Waals surface area contributed by atoms with Crippen molar-refractivity contribution in [2.24, 2.45) is 5.92 Å². The van der Waals surface area contributed by atoms with E-state index in [0.717, 1.165) is 18.9 Å². The van der Waals surface area contributed by atoms with E-state index < -0.39 is 0 Å². The molecule has 4 heteroatoms. The maximum Gasteiger partial charge on any atom is 0.0860 e. The van der Waals surface area contributed by atoms with E-state index in [2.05, 4.69) is 20.7 Å². The van der Waals surface area contributed by atoms with Gasteiger partial charge in [-0.1, -0.05) is 5.21 Å². The third-order valence-corrected chi connectivity index (χ3v) is 3.11. The zero-order valence-electron chi connectivity index (χ0n) is 6.88. The molecule has 1 saturated heterocycles. The van der Waals surface area contributed by atoms with Crippen molar-refractivity contribution in [1.82, 2.24) is 20.7 Å². The molecule has 0 saturated carbocycles. The van der Waals surface area contributed by atoms with Gasteiger partial charge < -0.3 is 5.32 Å². The minimum atomic E-state index is 0.656. The number of hydrogen-bond donors (Lipinski definition) is 2. The number of fused-ring (bicyclic) bond motifs is 3. The Balaban J connectivity index is 2.04. The Kier molecular flexibility index (Phi) is 1.26. The average molecular weight is 164 g/mol. The number of nitrogens with zero attached hydrogens (tertiary/aromatic N) is 2. The lowest BCUT2D eigenvalue weighted by Gasteiger charge is -2.22. The molecule has 64 valence electrons. The summed E-state index contributed by atoms with van der Waals surface area (Å²) >= 11 is 0. The fourth-order valence-electron chi connectivity index (χ4n) is 2.44. The molecule has 0 spiro atoms.